The standard InChI is InChI=1S/C33H39NO4/c1-3-24-37-29-20-18-27(19-21-29)25(2)32(35)34-23-11-10-16-30(34)33(36)38-31(28-14-8-5-9-15-28)22-17-26-12-6-4-7-13-26/h4-9,12-15,18-21,25,30-31H,3,10-11,16-17,22-24H2,1-2H3/t25-,30-,31?/m0/s1. The highest BCUT2D eigenvalue weighted by molar-refractivity contribution is 5.88. The fourth-order valence-electron chi connectivity index (χ4n) is 5.03. The van der Waals surface area contributed by atoms with Crippen molar-refractivity contribution in [3.8, 4) is 5.75 Å². The predicted molar refractivity (Wildman–Crippen MR) is 150 cm³/mol. The van der Waals surface area contributed by atoms with Gasteiger partial charge in [0.25, 0.3) is 0 Å². The summed E-state index contributed by atoms with van der Waals surface area (Å²) in [5, 5.41) is 0. The quantitative estimate of drug-likeness (QED) is 0.262. The number of piperidine rings is 1. The molecule has 0 bridgehead atoms. The topological polar surface area (TPSA) is 55.8 Å². The second-order valence-corrected chi connectivity index (χ2v) is 10.0. The van der Waals surface area contributed by atoms with Crippen LogP contribution in [0.1, 0.15) is 74.7 Å². The molecule has 200 valence electrons. The molecule has 1 fully saturated rings. The van der Waals surface area contributed by atoms with Gasteiger partial charge in [-0.3, -0.25) is 4.79 Å². The van der Waals surface area contributed by atoms with Crippen LogP contribution < -0.4 is 4.74 Å². The number of hydrogen-bond acceptors (Lipinski definition) is 4. The lowest BCUT2D eigenvalue weighted by atomic mass is 9.95. The summed E-state index contributed by atoms with van der Waals surface area (Å²) in [7, 11) is 0. The lowest BCUT2D eigenvalue weighted by molar-refractivity contribution is -0.162. The molecule has 4 rings (SSSR count). The fraction of sp³-hybridized carbons (Fsp3) is 0.394. The van der Waals surface area contributed by atoms with Gasteiger partial charge in [0.05, 0.1) is 12.5 Å². The van der Waals surface area contributed by atoms with Crippen molar-refractivity contribution in [2.45, 2.75) is 70.4 Å². The molecule has 0 radical (unpaired) electrons. The third kappa shape index (κ3) is 7.25. The molecular weight excluding hydrogens is 474 g/mol. The van der Waals surface area contributed by atoms with Crippen LogP contribution >= 0.6 is 0 Å². The third-order valence-electron chi connectivity index (χ3n) is 7.25. The van der Waals surface area contributed by atoms with Crippen molar-refractivity contribution in [2.75, 3.05) is 13.2 Å². The molecule has 0 N–H and O–H groups in total. The number of amides is 1. The Hall–Kier alpha value is -3.60. The summed E-state index contributed by atoms with van der Waals surface area (Å²) in [5.41, 5.74) is 3.10. The molecule has 1 unspecified atom stereocenters. The summed E-state index contributed by atoms with van der Waals surface area (Å²) >= 11 is 0. The molecule has 1 heterocycles. The van der Waals surface area contributed by atoms with Gasteiger partial charge in [0.2, 0.25) is 5.91 Å². The van der Waals surface area contributed by atoms with Crippen molar-refractivity contribution in [1.82, 2.24) is 4.90 Å². The van der Waals surface area contributed by atoms with Gasteiger partial charge in [-0.2, -0.15) is 0 Å². The molecule has 0 spiro atoms. The van der Waals surface area contributed by atoms with Crippen LogP contribution in [0, 0.1) is 0 Å². The van der Waals surface area contributed by atoms with E-state index in [0.717, 1.165) is 42.6 Å². The van der Waals surface area contributed by atoms with E-state index in [0.29, 0.717) is 26.0 Å². The number of carbonyl (C=O) groups is 2. The normalized spacial score (nSPS) is 16.9. The maximum atomic E-state index is 13.6. The van der Waals surface area contributed by atoms with Gasteiger partial charge in [-0.1, -0.05) is 79.7 Å². The molecule has 0 aromatic heterocycles. The van der Waals surface area contributed by atoms with Gasteiger partial charge in [-0.05, 0) is 74.3 Å². The first kappa shape index (κ1) is 27.4. The molecule has 0 aliphatic carbocycles. The molecule has 3 aromatic carbocycles. The first-order valence-corrected chi connectivity index (χ1v) is 13.9. The van der Waals surface area contributed by atoms with E-state index >= 15 is 0 Å². The molecule has 3 atom stereocenters. The smallest absolute Gasteiger partial charge is 0.329 e. The maximum absolute atomic E-state index is 13.6. The monoisotopic (exact) mass is 513 g/mol. The van der Waals surface area contributed by atoms with Gasteiger partial charge in [0, 0.05) is 6.54 Å². The van der Waals surface area contributed by atoms with E-state index in [2.05, 4.69) is 19.1 Å². The van der Waals surface area contributed by atoms with E-state index in [1.54, 1.807) is 4.90 Å². The lowest BCUT2D eigenvalue weighted by Crippen LogP contribution is -2.50. The third-order valence-corrected chi connectivity index (χ3v) is 7.25. The van der Waals surface area contributed by atoms with Crippen LogP contribution in [0.3, 0.4) is 0 Å². The number of esters is 1. The van der Waals surface area contributed by atoms with Crippen molar-refractivity contribution >= 4 is 11.9 Å². The van der Waals surface area contributed by atoms with Gasteiger partial charge in [0.15, 0.2) is 0 Å². The SMILES string of the molecule is CCCOc1ccc([C@H](C)C(=O)N2CCCC[C@H]2C(=O)OC(CCc2ccccc2)c2ccccc2)cc1. The largest absolute Gasteiger partial charge is 0.494 e. The van der Waals surface area contributed by atoms with Crippen LogP contribution in [0.25, 0.3) is 0 Å². The number of nitrogens with zero attached hydrogens (tertiary/aromatic N) is 1. The molecule has 0 saturated carbocycles. The molecule has 1 aliphatic rings. The predicted octanol–water partition coefficient (Wildman–Crippen LogP) is 6.88. The van der Waals surface area contributed by atoms with Gasteiger partial charge in [0.1, 0.15) is 17.9 Å². The van der Waals surface area contributed by atoms with E-state index in [9.17, 15) is 9.59 Å². The molecule has 1 aliphatic heterocycles. The lowest BCUT2D eigenvalue weighted by Gasteiger charge is -2.36. The fourth-order valence-corrected chi connectivity index (χ4v) is 5.03. The Balaban J connectivity index is 1.45. The zero-order valence-corrected chi connectivity index (χ0v) is 22.6. The highest BCUT2D eigenvalue weighted by atomic mass is 16.5. The average Bonchev–Trinajstić information content (AvgIpc) is 2.98. The van der Waals surface area contributed by atoms with Crippen LogP contribution in [-0.2, 0) is 20.7 Å². The van der Waals surface area contributed by atoms with E-state index in [4.69, 9.17) is 9.47 Å². The molecular formula is C33H39NO4. The Labute approximate surface area is 226 Å². The number of carbonyl (C=O) groups excluding carboxylic acids is 2. The Morgan fingerprint density at radius 1 is 0.895 bits per heavy atom. The molecule has 38 heavy (non-hydrogen) atoms. The summed E-state index contributed by atoms with van der Waals surface area (Å²) in [5.74, 6) is 0.105. The van der Waals surface area contributed by atoms with E-state index < -0.39 is 6.04 Å². The summed E-state index contributed by atoms with van der Waals surface area (Å²) in [6, 6.07) is 27.3. The van der Waals surface area contributed by atoms with Gasteiger partial charge < -0.3 is 14.4 Å². The first-order valence-electron chi connectivity index (χ1n) is 13.9. The molecule has 1 saturated heterocycles. The van der Waals surface area contributed by atoms with Crippen LogP contribution in [0.15, 0.2) is 84.9 Å². The highest BCUT2D eigenvalue weighted by Gasteiger charge is 2.36. The first-order chi connectivity index (χ1) is 18.6. The number of rotatable bonds is 11. The summed E-state index contributed by atoms with van der Waals surface area (Å²) in [6.45, 7) is 5.22. The van der Waals surface area contributed by atoms with Gasteiger partial charge in [-0.25, -0.2) is 4.79 Å². The minimum absolute atomic E-state index is 0.0329. The van der Waals surface area contributed by atoms with Crippen molar-refractivity contribution in [2.24, 2.45) is 0 Å². The average molecular weight is 514 g/mol. The second-order valence-electron chi connectivity index (χ2n) is 10.0. The van der Waals surface area contributed by atoms with Crippen LogP contribution in [0.5, 0.6) is 5.75 Å². The summed E-state index contributed by atoms with van der Waals surface area (Å²) in [4.78, 5) is 29.0. The van der Waals surface area contributed by atoms with Crippen molar-refractivity contribution < 1.29 is 19.1 Å². The number of benzene rings is 3. The second kappa shape index (κ2) is 13.8. The number of aryl methyl sites for hydroxylation is 1. The number of likely N-dealkylation sites (tertiary alicyclic amines) is 1. The van der Waals surface area contributed by atoms with Gasteiger partial charge in [-0.15, -0.1) is 0 Å². The Morgan fingerprint density at radius 3 is 2.26 bits per heavy atom. The van der Waals surface area contributed by atoms with E-state index in [-0.39, 0.29) is 23.9 Å². The molecule has 5 nitrogen and oxygen atoms in total. The molecule has 1 amide bonds. The van der Waals surface area contributed by atoms with Crippen LogP contribution in [-0.4, -0.2) is 36.0 Å². The van der Waals surface area contributed by atoms with Crippen molar-refractivity contribution in [3.63, 3.8) is 0 Å². The van der Waals surface area contributed by atoms with Crippen LogP contribution in [0.2, 0.25) is 0 Å². The summed E-state index contributed by atoms with van der Waals surface area (Å²) in [6.07, 6.45) is 4.49. The minimum Gasteiger partial charge on any atom is -0.494 e. The summed E-state index contributed by atoms with van der Waals surface area (Å²) < 4.78 is 11.8. The molecule has 3 aromatic rings. The van der Waals surface area contributed by atoms with Crippen molar-refractivity contribution in [3.05, 3.63) is 102 Å². The Kier molecular flexibility index (Phi) is 9.97. The zero-order valence-electron chi connectivity index (χ0n) is 22.6. The van der Waals surface area contributed by atoms with Crippen LogP contribution in [0.4, 0.5) is 0 Å². The number of ether oxygens (including phenoxy) is 2. The van der Waals surface area contributed by atoms with E-state index in [1.165, 1.54) is 5.56 Å². The Morgan fingerprint density at radius 2 is 1.58 bits per heavy atom. The Bertz CT molecular complexity index is 1150. The zero-order chi connectivity index (χ0) is 26.7. The van der Waals surface area contributed by atoms with Gasteiger partial charge >= 0.3 is 5.97 Å². The minimum atomic E-state index is -0.561. The number of hydrogen-bond donors (Lipinski definition) is 0. The highest BCUT2D eigenvalue weighted by Crippen LogP contribution is 2.29. The van der Waals surface area contributed by atoms with Crippen molar-refractivity contribution in [1.29, 1.82) is 0 Å². The maximum Gasteiger partial charge on any atom is 0.329 e. The van der Waals surface area contributed by atoms with E-state index in [1.807, 2.05) is 79.7 Å². The molecule has 5 heteroatoms.